The van der Waals surface area contributed by atoms with Gasteiger partial charge in [0.15, 0.2) is 5.92 Å². The van der Waals surface area contributed by atoms with Crippen molar-refractivity contribution in [2.24, 2.45) is 10.9 Å². The van der Waals surface area contributed by atoms with E-state index in [-0.39, 0.29) is 0 Å². The van der Waals surface area contributed by atoms with Crippen LogP contribution >= 0.6 is 27.5 Å². The predicted molar refractivity (Wildman–Crippen MR) is 103 cm³/mol. The smallest absolute Gasteiger partial charge is 0.276 e. The van der Waals surface area contributed by atoms with Crippen LogP contribution in [0.15, 0.2) is 51.9 Å². The van der Waals surface area contributed by atoms with Crippen LogP contribution in [0.5, 0.6) is 0 Å². The Kier molecular flexibility index (Phi) is 5.20. The van der Waals surface area contributed by atoms with Crippen LogP contribution in [0.25, 0.3) is 0 Å². The molecule has 2 aromatic rings. The molecule has 1 aliphatic heterocycles. The number of nitrogens with zero attached hydrogens (tertiary/aromatic N) is 2. The molecule has 0 radical (unpaired) electrons. The minimum Gasteiger partial charge on any atom is -0.276 e. The summed E-state index contributed by atoms with van der Waals surface area (Å²) in [4.78, 5) is 42.1. The van der Waals surface area contributed by atoms with Crippen LogP contribution in [-0.2, 0) is 9.59 Å². The van der Waals surface area contributed by atoms with Gasteiger partial charge in [-0.3, -0.25) is 19.9 Å². The number of rotatable bonds is 3. The summed E-state index contributed by atoms with van der Waals surface area (Å²) in [6, 6.07) is 11.1. The quantitative estimate of drug-likeness (QED) is 0.585. The van der Waals surface area contributed by atoms with Crippen LogP contribution in [-0.4, -0.2) is 24.1 Å². The Labute approximate surface area is 163 Å². The normalized spacial score (nSPS) is 17.7. The van der Waals surface area contributed by atoms with Gasteiger partial charge in [-0.15, -0.1) is 0 Å². The van der Waals surface area contributed by atoms with Gasteiger partial charge in [-0.2, -0.15) is 0 Å². The molecule has 2 aromatic carbocycles. The van der Waals surface area contributed by atoms with E-state index in [9.17, 15) is 14.4 Å². The van der Waals surface area contributed by atoms with Crippen molar-refractivity contribution in [1.82, 2.24) is 5.32 Å². The van der Waals surface area contributed by atoms with E-state index in [1.165, 1.54) is 6.21 Å². The van der Waals surface area contributed by atoms with Crippen LogP contribution in [0, 0.1) is 12.8 Å². The van der Waals surface area contributed by atoms with Crippen molar-refractivity contribution in [2.45, 2.75) is 6.92 Å². The Morgan fingerprint density at radius 3 is 2.65 bits per heavy atom. The molecule has 0 aliphatic carbocycles. The first-order valence-electron chi connectivity index (χ1n) is 7.61. The SMILES string of the molecule is Cc1cccc(N2C(=O)NC(=O)[C@H](C=Nc3ccc(Br)cc3Cl)C2=O)c1. The summed E-state index contributed by atoms with van der Waals surface area (Å²) in [6.07, 6.45) is 1.20. The molecule has 1 N–H and O–H groups in total. The molecule has 0 unspecified atom stereocenters. The average molecular weight is 435 g/mol. The van der Waals surface area contributed by atoms with Gasteiger partial charge in [-0.25, -0.2) is 9.69 Å². The van der Waals surface area contributed by atoms with Crippen LogP contribution < -0.4 is 10.2 Å². The predicted octanol–water partition coefficient (Wildman–Crippen LogP) is 4.01. The van der Waals surface area contributed by atoms with E-state index in [0.29, 0.717) is 16.4 Å². The summed E-state index contributed by atoms with van der Waals surface area (Å²) in [7, 11) is 0. The zero-order valence-electron chi connectivity index (χ0n) is 13.6. The van der Waals surface area contributed by atoms with E-state index in [4.69, 9.17) is 11.6 Å². The number of barbiturate groups is 1. The summed E-state index contributed by atoms with van der Waals surface area (Å²) in [5.41, 5.74) is 1.68. The van der Waals surface area contributed by atoms with Crippen molar-refractivity contribution in [3.63, 3.8) is 0 Å². The second-order valence-corrected chi connectivity index (χ2v) is 6.98. The van der Waals surface area contributed by atoms with Gasteiger partial charge in [-0.05, 0) is 42.8 Å². The van der Waals surface area contributed by atoms with Crippen molar-refractivity contribution in [2.75, 3.05) is 4.90 Å². The summed E-state index contributed by atoms with van der Waals surface area (Å²) < 4.78 is 0.782. The molecule has 1 aliphatic rings. The molecule has 1 saturated heterocycles. The van der Waals surface area contributed by atoms with E-state index in [2.05, 4.69) is 26.2 Å². The van der Waals surface area contributed by atoms with Crippen LogP contribution in [0.2, 0.25) is 5.02 Å². The lowest BCUT2D eigenvalue weighted by atomic mass is 10.1. The molecule has 0 spiro atoms. The molecular formula is C18H13BrClN3O3. The highest BCUT2D eigenvalue weighted by molar-refractivity contribution is 9.10. The van der Waals surface area contributed by atoms with Crippen molar-refractivity contribution in [3.8, 4) is 0 Å². The molecule has 4 amide bonds. The van der Waals surface area contributed by atoms with Crippen LogP contribution in [0.4, 0.5) is 16.2 Å². The Balaban J connectivity index is 1.91. The Bertz CT molecular complexity index is 945. The molecule has 3 rings (SSSR count). The maximum absolute atomic E-state index is 12.7. The minimum absolute atomic E-state index is 0.367. The zero-order chi connectivity index (χ0) is 18.8. The Morgan fingerprint density at radius 2 is 1.96 bits per heavy atom. The molecule has 1 heterocycles. The van der Waals surface area contributed by atoms with Gasteiger partial charge in [0.25, 0.3) is 5.91 Å². The number of hydrogen-bond acceptors (Lipinski definition) is 4. The number of nitrogens with one attached hydrogen (secondary N) is 1. The van der Waals surface area contributed by atoms with Crippen molar-refractivity contribution in [3.05, 3.63) is 57.5 Å². The number of carbonyl (C=O) groups excluding carboxylic acids is 3. The molecule has 0 bridgehead atoms. The van der Waals surface area contributed by atoms with Crippen LogP contribution in [0.3, 0.4) is 0 Å². The van der Waals surface area contributed by atoms with E-state index >= 15 is 0 Å². The average Bonchev–Trinajstić information content (AvgIpc) is 2.56. The number of amides is 4. The summed E-state index contributed by atoms with van der Waals surface area (Å²) in [6.45, 7) is 1.84. The zero-order valence-corrected chi connectivity index (χ0v) is 15.9. The van der Waals surface area contributed by atoms with Crippen molar-refractivity contribution >= 4 is 63.0 Å². The van der Waals surface area contributed by atoms with Gasteiger partial charge in [0.1, 0.15) is 0 Å². The Morgan fingerprint density at radius 1 is 1.19 bits per heavy atom. The molecule has 1 atom stereocenters. The molecule has 8 heteroatoms. The van der Waals surface area contributed by atoms with Crippen molar-refractivity contribution < 1.29 is 14.4 Å². The third-order valence-electron chi connectivity index (χ3n) is 3.73. The number of aliphatic imine (C=N–C) groups is 1. The number of urea groups is 1. The largest absolute Gasteiger partial charge is 0.335 e. The lowest BCUT2D eigenvalue weighted by Gasteiger charge is -2.28. The summed E-state index contributed by atoms with van der Waals surface area (Å²) in [5, 5.41) is 2.55. The van der Waals surface area contributed by atoms with Gasteiger partial charge >= 0.3 is 6.03 Å². The topological polar surface area (TPSA) is 78.8 Å². The second kappa shape index (κ2) is 7.39. The fourth-order valence-electron chi connectivity index (χ4n) is 2.47. The number of imide groups is 2. The molecule has 132 valence electrons. The molecular weight excluding hydrogens is 422 g/mol. The second-order valence-electron chi connectivity index (χ2n) is 5.66. The lowest BCUT2D eigenvalue weighted by molar-refractivity contribution is -0.131. The number of benzene rings is 2. The molecule has 26 heavy (non-hydrogen) atoms. The first-order valence-corrected chi connectivity index (χ1v) is 8.78. The number of hydrogen-bond donors (Lipinski definition) is 1. The monoisotopic (exact) mass is 433 g/mol. The van der Waals surface area contributed by atoms with Crippen LogP contribution in [0.1, 0.15) is 5.56 Å². The molecule has 0 saturated carbocycles. The van der Waals surface area contributed by atoms with Gasteiger partial charge in [0, 0.05) is 10.7 Å². The molecule has 1 fully saturated rings. The third kappa shape index (κ3) is 3.68. The molecule has 6 nitrogen and oxygen atoms in total. The summed E-state index contributed by atoms with van der Waals surface area (Å²) in [5.74, 6) is -2.62. The first-order chi connectivity index (χ1) is 12.4. The minimum atomic E-state index is -1.23. The number of aryl methyl sites for hydroxylation is 1. The lowest BCUT2D eigenvalue weighted by Crippen LogP contribution is -2.58. The Hall–Kier alpha value is -2.51. The fourth-order valence-corrected chi connectivity index (χ4v) is 3.20. The van der Waals surface area contributed by atoms with Gasteiger partial charge < -0.3 is 0 Å². The summed E-state index contributed by atoms with van der Waals surface area (Å²) >= 11 is 9.38. The molecule has 0 aromatic heterocycles. The highest BCUT2D eigenvalue weighted by Gasteiger charge is 2.40. The fraction of sp³-hybridized carbons (Fsp3) is 0.111. The maximum Gasteiger partial charge on any atom is 0.335 e. The van der Waals surface area contributed by atoms with E-state index in [1.54, 1.807) is 36.4 Å². The van der Waals surface area contributed by atoms with E-state index in [0.717, 1.165) is 14.9 Å². The van der Waals surface area contributed by atoms with E-state index < -0.39 is 23.8 Å². The highest BCUT2D eigenvalue weighted by Crippen LogP contribution is 2.28. The van der Waals surface area contributed by atoms with Gasteiger partial charge in [0.2, 0.25) is 5.91 Å². The first kappa shape index (κ1) is 18.3. The number of anilines is 1. The number of halogens is 2. The van der Waals surface area contributed by atoms with Crippen molar-refractivity contribution in [1.29, 1.82) is 0 Å². The van der Waals surface area contributed by atoms with Gasteiger partial charge in [0.05, 0.1) is 16.4 Å². The maximum atomic E-state index is 12.7. The standard InChI is InChI=1S/C18H13BrClN3O3/c1-10-3-2-4-12(7-10)23-17(25)13(16(24)22-18(23)26)9-21-15-6-5-11(19)8-14(15)20/h2-9,13H,1H3,(H,22,24,26)/t13-/m0/s1. The van der Waals surface area contributed by atoms with E-state index in [1.807, 2.05) is 13.0 Å². The third-order valence-corrected chi connectivity index (χ3v) is 4.53. The number of carbonyl (C=O) groups is 3. The highest BCUT2D eigenvalue weighted by atomic mass is 79.9. The van der Waals surface area contributed by atoms with Gasteiger partial charge in [-0.1, -0.05) is 39.7 Å².